The summed E-state index contributed by atoms with van der Waals surface area (Å²) in [7, 11) is 0. The Morgan fingerprint density at radius 1 is 1.50 bits per heavy atom. The predicted octanol–water partition coefficient (Wildman–Crippen LogP) is 1.47. The molecule has 0 aliphatic carbocycles. The molecule has 1 fully saturated rings. The van der Waals surface area contributed by atoms with Crippen LogP contribution in [0.5, 0.6) is 0 Å². The van der Waals surface area contributed by atoms with Gasteiger partial charge in [-0.1, -0.05) is 19.0 Å². The summed E-state index contributed by atoms with van der Waals surface area (Å²) >= 11 is 0. The molecule has 0 spiro atoms. The van der Waals surface area contributed by atoms with Gasteiger partial charge in [0.25, 0.3) is 0 Å². The molecule has 102 valence electrons. The lowest BCUT2D eigenvalue weighted by Gasteiger charge is -2.12. The van der Waals surface area contributed by atoms with Crippen molar-refractivity contribution in [2.75, 3.05) is 19.7 Å². The van der Waals surface area contributed by atoms with Crippen LogP contribution in [0, 0.1) is 11.8 Å². The van der Waals surface area contributed by atoms with Crippen LogP contribution in [0.2, 0.25) is 0 Å². The molecule has 2 heterocycles. The lowest BCUT2D eigenvalue weighted by atomic mass is 10.1. The van der Waals surface area contributed by atoms with E-state index in [1.165, 1.54) is 0 Å². The molecule has 1 N–H and O–H groups in total. The van der Waals surface area contributed by atoms with E-state index in [0.29, 0.717) is 11.8 Å². The maximum Gasteiger partial charge on any atom is 0.240 e. The highest BCUT2D eigenvalue weighted by atomic mass is 16.5. The van der Waals surface area contributed by atoms with Gasteiger partial charge in [-0.15, -0.1) is 0 Å². The van der Waals surface area contributed by atoms with Gasteiger partial charge < -0.3 is 9.63 Å². The highest BCUT2D eigenvalue weighted by Gasteiger charge is 2.23. The van der Waals surface area contributed by atoms with Crippen LogP contribution in [0.15, 0.2) is 4.52 Å². The number of aliphatic hydroxyl groups excluding tert-OH is 1. The maximum atomic E-state index is 8.93. The number of nitrogens with zero attached hydrogens (tertiary/aromatic N) is 3. The molecular formula is C13H23N3O2. The first-order valence-electron chi connectivity index (χ1n) is 6.82. The van der Waals surface area contributed by atoms with E-state index in [-0.39, 0.29) is 6.61 Å². The van der Waals surface area contributed by atoms with Crippen LogP contribution in [-0.2, 0) is 13.0 Å². The summed E-state index contributed by atoms with van der Waals surface area (Å²) in [6.45, 7) is 7.42. The highest BCUT2D eigenvalue weighted by Crippen LogP contribution is 2.20. The molecule has 1 unspecified atom stereocenters. The van der Waals surface area contributed by atoms with Crippen LogP contribution in [0.4, 0.5) is 0 Å². The quantitative estimate of drug-likeness (QED) is 0.832. The number of hydrogen-bond donors (Lipinski definition) is 1. The first-order valence-corrected chi connectivity index (χ1v) is 6.82. The molecule has 0 radical (unpaired) electrons. The summed E-state index contributed by atoms with van der Waals surface area (Å²) in [5.41, 5.74) is 0. The lowest BCUT2D eigenvalue weighted by Crippen LogP contribution is -2.20. The molecule has 5 heteroatoms. The van der Waals surface area contributed by atoms with Crippen molar-refractivity contribution in [3.63, 3.8) is 0 Å². The average Bonchev–Trinajstić information content (AvgIpc) is 2.89. The molecular weight excluding hydrogens is 230 g/mol. The van der Waals surface area contributed by atoms with Crippen molar-refractivity contribution in [3.05, 3.63) is 11.7 Å². The van der Waals surface area contributed by atoms with Crippen molar-refractivity contribution in [2.45, 2.75) is 39.7 Å². The largest absolute Gasteiger partial charge is 0.396 e. The van der Waals surface area contributed by atoms with Crippen LogP contribution in [-0.4, -0.2) is 39.8 Å². The summed E-state index contributed by atoms with van der Waals surface area (Å²) in [4.78, 5) is 6.74. The van der Waals surface area contributed by atoms with Crippen molar-refractivity contribution in [1.29, 1.82) is 0 Å². The number of hydrogen-bond acceptors (Lipinski definition) is 5. The molecule has 5 nitrogen and oxygen atoms in total. The molecule has 0 aromatic carbocycles. The van der Waals surface area contributed by atoms with Gasteiger partial charge in [0.15, 0.2) is 5.82 Å². The predicted molar refractivity (Wildman–Crippen MR) is 67.9 cm³/mol. The monoisotopic (exact) mass is 253 g/mol. The number of aromatic nitrogens is 2. The Labute approximate surface area is 108 Å². The second-order valence-electron chi connectivity index (χ2n) is 5.60. The van der Waals surface area contributed by atoms with E-state index in [1.807, 2.05) is 0 Å². The Bertz CT molecular complexity index is 365. The minimum Gasteiger partial charge on any atom is -0.396 e. The second-order valence-corrected chi connectivity index (χ2v) is 5.60. The van der Waals surface area contributed by atoms with Gasteiger partial charge in [-0.25, -0.2) is 0 Å². The van der Waals surface area contributed by atoms with Gasteiger partial charge in [0, 0.05) is 19.6 Å². The Morgan fingerprint density at radius 3 is 3.06 bits per heavy atom. The number of rotatable bonds is 6. The molecule has 2 rings (SSSR count). The van der Waals surface area contributed by atoms with E-state index >= 15 is 0 Å². The van der Waals surface area contributed by atoms with Gasteiger partial charge in [-0.2, -0.15) is 4.98 Å². The fourth-order valence-electron chi connectivity index (χ4n) is 2.47. The summed E-state index contributed by atoms with van der Waals surface area (Å²) in [5.74, 6) is 2.70. The van der Waals surface area contributed by atoms with Crippen molar-refractivity contribution in [1.82, 2.24) is 15.0 Å². The van der Waals surface area contributed by atoms with Crippen LogP contribution in [0.25, 0.3) is 0 Å². The van der Waals surface area contributed by atoms with Crippen LogP contribution < -0.4 is 0 Å². The highest BCUT2D eigenvalue weighted by molar-refractivity contribution is 4.88. The fraction of sp³-hybridized carbons (Fsp3) is 0.846. The molecule has 0 amide bonds. The van der Waals surface area contributed by atoms with E-state index < -0.39 is 0 Å². The van der Waals surface area contributed by atoms with Gasteiger partial charge in [0.05, 0.1) is 6.54 Å². The van der Waals surface area contributed by atoms with Crippen molar-refractivity contribution < 1.29 is 9.63 Å². The molecule has 1 atom stereocenters. The summed E-state index contributed by atoms with van der Waals surface area (Å²) in [6.07, 6.45) is 2.93. The smallest absolute Gasteiger partial charge is 0.240 e. The zero-order valence-corrected chi connectivity index (χ0v) is 11.3. The zero-order valence-electron chi connectivity index (χ0n) is 11.3. The molecule has 1 aliphatic rings. The second kappa shape index (κ2) is 6.29. The van der Waals surface area contributed by atoms with E-state index in [0.717, 1.165) is 50.6 Å². The van der Waals surface area contributed by atoms with Crippen LogP contribution >= 0.6 is 0 Å². The lowest BCUT2D eigenvalue weighted by molar-refractivity contribution is 0.236. The van der Waals surface area contributed by atoms with Gasteiger partial charge in [0.2, 0.25) is 5.89 Å². The molecule has 1 aliphatic heterocycles. The van der Waals surface area contributed by atoms with Gasteiger partial charge in [0.1, 0.15) is 0 Å². The minimum absolute atomic E-state index is 0.289. The fourth-order valence-corrected chi connectivity index (χ4v) is 2.47. The molecule has 1 saturated heterocycles. The van der Waals surface area contributed by atoms with Gasteiger partial charge in [-0.05, 0) is 31.2 Å². The first-order chi connectivity index (χ1) is 8.67. The summed E-state index contributed by atoms with van der Waals surface area (Å²) < 4.78 is 5.27. The third-order valence-electron chi connectivity index (χ3n) is 3.37. The average molecular weight is 253 g/mol. The molecule has 1 aromatic heterocycles. The van der Waals surface area contributed by atoms with E-state index in [2.05, 4.69) is 28.9 Å². The third kappa shape index (κ3) is 3.78. The zero-order chi connectivity index (χ0) is 13.0. The van der Waals surface area contributed by atoms with Crippen LogP contribution in [0.1, 0.15) is 38.4 Å². The van der Waals surface area contributed by atoms with Gasteiger partial charge >= 0.3 is 0 Å². The number of likely N-dealkylation sites (tertiary alicyclic amines) is 1. The Kier molecular flexibility index (Phi) is 4.72. The summed E-state index contributed by atoms with van der Waals surface area (Å²) in [5, 5.41) is 12.9. The Balaban J connectivity index is 1.81. The molecule has 0 saturated carbocycles. The molecule has 0 bridgehead atoms. The van der Waals surface area contributed by atoms with Crippen molar-refractivity contribution >= 4 is 0 Å². The number of aliphatic hydroxyl groups is 1. The SMILES string of the molecule is CC(C)Cc1noc(CN2CCC(CCO)C2)n1. The standard InChI is InChI=1S/C13H23N3O2/c1-10(2)7-12-14-13(18-15-12)9-16-5-3-11(8-16)4-6-17/h10-11,17H,3-9H2,1-2H3. The maximum absolute atomic E-state index is 8.93. The van der Waals surface area contributed by atoms with Gasteiger partial charge in [-0.3, -0.25) is 4.90 Å². The molecule has 18 heavy (non-hydrogen) atoms. The first kappa shape index (κ1) is 13.5. The Hall–Kier alpha value is -0.940. The third-order valence-corrected chi connectivity index (χ3v) is 3.37. The van der Waals surface area contributed by atoms with Crippen molar-refractivity contribution in [2.24, 2.45) is 11.8 Å². The van der Waals surface area contributed by atoms with Crippen molar-refractivity contribution in [3.8, 4) is 0 Å². The Morgan fingerprint density at radius 2 is 2.33 bits per heavy atom. The van der Waals surface area contributed by atoms with E-state index in [1.54, 1.807) is 0 Å². The normalized spacial score (nSPS) is 21.0. The topological polar surface area (TPSA) is 62.4 Å². The van der Waals surface area contributed by atoms with Crippen LogP contribution in [0.3, 0.4) is 0 Å². The molecule has 1 aromatic rings. The van der Waals surface area contributed by atoms with E-state index in [4.69, 9.17) is 9.63 Å². The minimum atomic E-state index is 0.289. The summed E-state index contributed by atoms with van der Waals surface area (Å²) in [6, 6.07) is 0. The van der Waals surface area contributed by atoms with E-state index in [9.17, 15) is 0 Å².